The van der Waals surface area contributed by atoms with E-state index in [2.05, 4.69) is 4.98 Å². The molecular formula is C21H18N4O6. The Bertz CT molecular complexity index is 1290. The maximum absolute atomic E-state index is 12.7. The van der Waals surface area contributed by atoms with Crippen LogP contribution in [0.25, 0.3) is 0 Å². The van der Waals surface area contributed by atoms with Crippen molar-refractivity contribution in [3.63, 3.8) is 0 Å². The Balaban J connectivity index is 2.14. The van der Waals surface area contributed by atoms with Crippen molar-refractivity contribution in [2.75, 3.05) is 25.7 Å². The number of para-hydroxylation sites is 1. The van der Waals surface area contributed by atoms with Crippen molar-refractivity contribution in [1.82, 2.24) is 4.98 Å². The Morgan fingerprint density at radius 2 is 2.06 bits per heavy atom. The third-order valence-electron chi connectivity index (χ3n) is 5.01. The maximum atomic E-state index is 12.7. The molecule has 0 amide bonds. The molecule has 10 heteroatoms. The summed E-state index contributed by atoms with van der Waals surface area (Å²) in [5, 5.41) is 19.1. The average Bonchev–Trinajstić information content (AvgIpc) is 2.77. The first-order valence-electron chi connectivity index (χ1n) is 9.10. The number of pyridine rings is 1. The van der Waals surface area contributed by atoms with Crippen LogP contribution < -0.4 is 31.1 Å². The number of aromatic nitrogens is 1. The van der Waals surface area contributed by atoms with Gasteiger partial charge in [-0.1, -0.05) is 12.1 Å². The molecule has 0 radical (unpaired) electrons. The summed E-state index contributed by atoms with van der Waals surface area (Å²) in [6.07, 6.45) is 0. The number of aliphatic hydroxyl groups excluding tert-OH is 1. The van der Waals surface area contributed by atoms with Gasteiger partial charge in [0.2, 0.25) is 17.1 Å². The van der Waals surface area contributed by atoms with Crippen LogP contribution in [0, 0.1) is 11.3 Å². The SMILES string of the molecule is COc1cccc(C2c3oc(CO)cc(=O)c3Oc3nc(N)c(C#N)c(N)c32)c1OC. The molecule has 10 nitrogen and oxygen atoms in total. The van der Waals surface area contributed by atoms with E-state index in [-0.39, 0.29) is 45.8 Å². The minimum Gasteiger partial charge on any atom is -0.493 e. The normalized spacial score (nSPS) is 14.1. The number of rotatable bonds is 4. The van der Waals surface area contributed by atoms with Crippen LogP contribution in [-0.2, 0) is 6.61 Å². The number of nitrogen functional groups attached to an aromatic ring is 2. The minimum atomic E-state index is -0.858. The molecule has 31 heavy (non-hydrogen) atoms. The van der Waals surface area contributed by atoms with E-state index in [0.29, 0.717) is 17.1 Å². The Kier molecular flexibility index (Phi) is 4.88. The van der Waals surface area contributed by atoms with Crippen molar-refractivity contribution >= 4 is 11.5 Å². The zero-order chi connectivity index (χ0) is 22.3. The number of anilines is 2. The molecule has 0 saturated carbocycles. The number of aliphatic hydroxyl groups is 1. The van der Waals surface area contributed by atoms with E-state index in [1.165, 1.54) is 14.2 Å². The number of nitrogens with zero attached hydrogens (tertiary/aromatic N) is 2. The lowest BCUT2D eigenvalue weighted by atomic mass is 9.85. The van der Waals surface area contributed by atoms with Crippen LogP contribution in [-0.4, -0.2) is 24.3 Å². The topological polar surface area (TPSA) is 167 Å². The number of ether oxygens (including phenoxy) is 3. The lowest BCUT2D eigenvalue weighted by Gasteiger charge is -2.29. The first kappa shape index (κ1) is 20.1. The number of fused-ring (bicyclic) bond motifs is 2. The molecule has 158 valence electrons. The van der Waals surface area contributed by atoms with Crippen molar-refractivity contribution < 1.29 is 23.7 Å². The van der Waals surface area contributed by atoms with E-state index in [9.17, 15) is 15.2 Å². The van der Waals surface area contributed by atoms with Gasteiger partial charge in [0.1, 0.15) is 29.8 Å². The molecule has 1 aliphatic heterocycles. The summed E-state index contributed by atoms with van der Waals surface area (Å²) < 4.78 is 22.5. The van der Waals surface area contributed by atoms with E-state index in [1.807, 2.05) is 6.07 Å². The van der Waals surface area contributed by atoms with Gasteiger partial charge in [0, 0.05) is 11.6 Å². The molecule has 1 atom stereocenters. The first-order valence-corrected chi connectivity index (χ1v) is 9.10. The van der Waals surface area contributed by atoms with Crippen molar-refractivity contribution in [3.05, 3.63) is 62.7 Å². The second-order valence-electron chi connectivity index (χ2n) is 6.66. The largest absolute Gasteiger partial charge is 0.493 e. The van der Waals surface area contributed by atoms with Crippen LogP contribution in [0.15, 0.2) is 33.5 Å². The Labute approximate surface area is 176 Å². The highest BCUT2D eigenvalue weighted by Crippen LogP contribution is 2.52. The van der Waals surface area contributed by atoms with Crippen molar-refractivity contribution in [2.45, 2.75) is 12.5 Å². The third kappa shape index (κ3) is 2.99. The Morgan fingerprint density at radius 1 is 1.29 bits per heavy atom. The van der Waals surface area contributed by atoms with E-state index < -0.39 is 18.0 Å². The zero-order valence-corrected chi connectivity index (χ0v) is 16.6. The summed E-state index contributed by atoms with van der Waals surface area (Å²) in [4.78, 5) is 16.9. The second-order valence-corrected chi connectivity index (χ2v) is 6.66. The highest BCUT2D eigenvalue weighted by atomic mass is 16.5. The molecule has 3 heterocycles. The molecule has 1 aromatic carbocycles. The average molecular weight is 422 g/mol. The Hall–Kier alpha value is -4.23. The molecule has 0 bridgehead atoms. The zero-order valence-electron chi connectivity index (χ0n) is 16.6. The fourth-order valence-electron chi connectivity index (χ4n) is 3.67. The Morgan fingerprint density at radius 3 is 2.71 bits per heavy atom. The lowest BCUT2D eigenvalue weighted by molar-refractivity contribution is 0.233. The second kappa shape index (κ2) is 7.55. The first-order chi connectivity index (χ1) is 14.9. The number of benzene rings is 1. The number of nitrogens with two attached hydrogens (primary N) is 2. The van der Waals surface area contributed by atoms with E-state index >= 15 is 0 Å². The van der Waals surface area contributed by atoms with E-state index in [1.54, 1.807) is 18.2 Å². The third-order valence-corrected chi connectivity index (χ3v) is 5.01. The monoisotopic (exact) mass is 422 g/mol. The molecule has 0 aliphatic carbocycles. The smallest absolute Gasteiger partial charge is 0.228 e. The van der Waals surface area contributed by atoms with Crippen LogP contribution in [0.2, 0.25) is 0 Å². The van der Waals surface area contributed by atoms with Crippen LogP contribution in [0.5, 0.6) is 23.1 Å². The van der Waals surface area contributed by atoms with Gasteiger partial charge in [-0.05, 0) is 6.07 Å². The highest BCUT2D eigenvalue weighted by molar-refractivity contribution is 5.75. The van der Waals surface area contributed by atoms with Gasteiger partial charge >= 0.3 is 0 Å². The van der Waals surface area contributed by atoms with Crippen LogP contribution in [0.3, 0.4) is 0 Å². The molecule has 0 fully saturated rings. The predicted octanol–water partition coefficient (Wildman–Crippen LogP) is 1.87. The van der Waals surface area contributed by atoms with Gasteiger partial charge in [0.05, 0.1) is 31.4 Å². The van der Waals surface area contributed by atoms with Gasteiger partial charge in [-0.3, -0.25) is 4.79 Å². The fraction of sp³-hybridized carbons (Fsp3) is 0.190. The number of methoxy groups -OCH3 is 2. The van der Waals surface area contributed by atoms with Crippen LogP contribution in [0.4, 0.5) is 11.5 Å². The number of hydrogen-bond donors (Lipinski definition) is 3. The van der Waals surface area contributed by atoms with Crippen molar-refractivity contribution in [2.24, 2.45) is 0 Å². The standard InChI is InChI=1S/C21H18N4O6/c1-28-13-5-3-4-10(17(13)29-2)14-15-16(23)11(7-22)20(24)25-21(15)31-18-12(27)6-9(8-26)30-19(14)18/h3-6,14,26H,8H2,1-2H3,(H4,23,24,25). The molecule has 0 spiro atoms. The molecule has 1 aliphatic rings. The molecular weight excluding hydrogens is 404 g/mol. The minimum absolute atomic E-state index is 0.0274. The van der Waals surface area contributed by atoms with Gasteiger partial charge in [0.15, 0.2) is 17.3 Å². The fourth-order valence-corrected chi connectivity index (χ4v) is 3.67. The summed E-state index contributed by atoms with van der Waals surface area (Å²) in [7, 11) is 2.95. The molecule has 3 aromatic rings. The van der Waals surface area contributed by atoms with Crippen LogP contribution >= 0.6 is 0 Å². The van der Waals surface area contributed by atoms with Gasteiger partial charge < -0.3 is 35.2 Å². The summed E-state index contributed by atoms with van der Waals surface area (Å²) in [6, 6.07) is 8.23. The number of nitriles is 1. The predicted molar refractivity (Wildman–Crippen MR) is 109 cm³/mol. The highest BCUT2D eigenvalue weighted by Gasteiger charge is 2.39. The summed E-state index contributed by atoms with van der Waals surface area (Å²) in [5.41, 5.74) is 12.5. The van der Waals surface area contributed by atoms with Gasteiger partial charge in [-0.15, -0.1) is 0 Å². The number of hydrogen-bond acceptors (Lipinski definition) is 10. The van der Waals surface area contributed by atoms with Crippen LogP contribution in [0.1, 0.15) is 34.1 Å². The van der Waals surface area contributed by atoms with E-state index in [4.69, 9.17) is 30.1 Å². The molecule has 2 aromatic heterocycles. The summed E-state index contributed by atoms with van der Waals surface area (Å²) >= 11 is 0. The quantitative estimate of drug-likeness (QED) is 0.441. The summed E-state index contributed by atoms with van der Waals surface area (Å²) in [6.45, 7) is -0.504. The van der Waals surface area contributed by atoms with Crippen molar-refractivity contribution in [3.8, 4) is 29.2 Å². The van der Waals surface area contributed by atoms with Crippen molar-refractivity contribution in [1.29, 1.82) is 5.26 Å². The van der Waals surface area contributed by atoms with Gasteiger partial charge in [-0.25, -0.2) is 0 Å². The molecule has 1 unspecified atom stereocenters. The van der Waals surface area contributed by atoms with Gasteiger partial charge in [-0.2, -0.15) is 10.2 Å². The molecule has 4 rings (SSSR count). The van der Waals surface area contributed by atoms with Gasteiger partial charge in [0.25, 0.3) is 0 Å². The summed E-state index contributed by atoms with van der Waals surface area (Å²) in [5.74, 6) is -0.240. The van der Waals surface area contributed by atoms with E-state index in [0.717, 1.165) is 6.07 Å². The molecule has 5 N–H and O–H groups in total. The molecule has 0 saturated heterocycles. The lowest BCUT2D eigenvalue weighted by Crippen LogP contribution is -2.22. The maximum Gasteiger partial charge on any atom is 0.228 e.